The molecule has 0 aromatic heterocycles. The van der Waals surface area contributed by atoms with Crippen LogP contribution in [0.1, 0.15) is 33.6 Å². The van der Waals surface area contributed by atoms with E-state index in [0.29, 0.717) is 11.8 Å². The van der Waals surface area contributed by atoms with Gasteiger partial charge in [-0.1, -0.05) is 25.6 Å². The lowest BCUT2D eigenvalue weighted by atomic mass is 10.00. The standard InChI is InChI=1S/C13H20F3NO4S/c1-7(2)4-9(5-11(19)20)17-12(21)10(13(14,15)16)6-22-8(3)18/h7,9-10H,4-6H2,1-3H3,(H,17,21)(H,19,20)/t9-,10+/m0/s1. The molecule has 0 saturated heterocycles. The highest BCUT2D eigenvalue weighted by Crippen LogP contribution is 2.30. The van der Waals surface area contributed by atoms with Crippen molar-refractivity contribution in [2.75, 3.05) is 5.75 Å². The first-order valence-corrected chi connectivity index (χ1v) is 7.64. The zero-order valence-corrected chi connectivity index (χ0v) is 13.4. The zero-order valence-electron chi connectivity index (χ0n) is 12.6. The number of thioether (sulfide) groups is 1. The summed E-state index contributed by atoms with van der Waals surface area (Å²) in [6.07, 6.45) is -4.99. The summed E-state index contributed by atoms with van der Waals surface area (Å²) >= 11 is 0.413. The summed E-state index contributed by atoms with van der Waals surface area (Å²) in [5.74, 6) is -5.54. The van der Waals surface area contributed by atoms with Gasteiger partial charge in [0.05, 0.1) is 6.42 Å². The van der Waals surface area contributed by atoms with Gasteiger partial charge in [0.25, 0.3) is 0 Å². The molecular formula is C13H20F3NO4S. The lowest BCUT2D eigenvalue weighted by Crippen LogP contribution is -2.46. The Hall–Kier alpha value is -1.25. The second-order valence-electron chi connectivity index (χ2n) is 5.33. The lowest BCUT2D eigenvalue weighted by molar-refractivity contribution is -0.178. The van der Waals surface area contributed by atoms with Crippen LogP contribution in [0.15, 0.2) is 0 Å². The van der Waals surface area contributed by atoms with Gasteiger partial charge in [-0.25, -0.2) is 0 Å². The Morgan fingerprint density at radius 3 is 2.14 bits per heavy atom. The number of carboxylic acid groups (broad SMARTS) is 1. The van der Waals surface area contributed by atoms with Gasteiger partial charge in [-0.15, -0.1) is 0 Å². The summed E-state index contributed by atoms with van der Waals surface area (Å²) in [4.78, 5) is 33.4. The number of nitrogens with one attached hydrogen (secondary N) is 1. The van der Waals surface area contributed by atoms with Crippen LogP contribution in [0.4, 0.5) is 13.2 Å². The molecule has 0 heterocycles. The Kier molecular flexibility index (Phi) is 8.50. The Bertz CT molecular complexity index is 413. The quantitative estimate of drug-likeness (QED) is 0.707. The van der Waals surface area contributed by atoms with Crippen molar-refractivity contribution in [1.29, 1.82) is 0 Å². The van der Waals surface area contributed by atoms with Crippen molar-refractivity contribution in [3.8, 4) is 0 Å². The second kappa shape index (κ2) is 9.02. The van der Waals surface area contributed by atoms with Crippen molar-refractivity contribution in [2.24, 2.45) is 11.8 Å². The molecular weight excluding hydrogens is 323 g/mol. The monoisotopic (exact) mass is 343 g/mol. The van der Waals surface area contributed by atoms with Gasteiger partial charge in [0, 0.05) is 18.7 Å². The number of aliphatic carboxylic acids is 1. The predicted octanol–water partition coefficient (Wildman–Crippen LogP) is 2.45. The molecule has 0 bridgehead atoms. The Morgan fingerprint density at radius 2 is 1.77 bits per heavy atom. The number of hydrogen-bond acceptors (Lipinski definition) is 4. The van der Waals surface area contributed by atoms with Crippen molar-refractivity contribution in [1.82, 2.24) is 5.32 Å². The van der Waals surface area contributed by atoms with Crippen molar-refractivity contribution in [3.63, 3.8) is 0 Å². The number of hydrogen-bond donors (Lipinski definition) is 2. The minimum absolute atomic E-state index is 0.0144. The molecule has 0 unspecified atom stereocenters. The third-order valence-corrected chi connectivity index (χ3v) is 3.59. The van der Waals surface area contributed by atoms with Gasteiger partial charge in [-0.3, -0.25) is 14.4 Å². The van der Waals surface area contributed by atoms with Gasteiger partial charge in [-0.2, -0.15) is 13.2 Å². The summed E-state index contributed by atoms with van der Waals surface area (Å²) in [6, 6.07) is -0.878. The van der Waals surface area contributed by atoms with Crippen LogP contribution in [0.5, 0.6) is 0 Å². The number of carboxylic acids is 1. The molecule has 0 aliphatic rings. The van der Waals surface area contributed by atoms with E-state index in [1.165, 1.54) is 0 Å². The van der Waals surface area contributed by atoms with Crippen LogP contribution in [-0.4, -0.2) is 40.1 Å². The zero-order chi connectivity index (χ0) is 17.5. The Labute approximate surface area is 131 Å². The van der Waals surface area contributed by atoms with Gasteiger partial charge in [-0.05, 0) is 12.3 Å². The first kappa shape index (κ1) is 20.8. The largest absolute Gasteiger partial charge is 0.481 e. The van der Waals surface area contributed by atoms with E-state index in [9.17, 15) is 27.6 Å². The fourth-order valence-electron chi connectivity index (χ4n) is 1.79. The molecule has 0 aliphatic carbocycles. The Morgan fingerprint density at radius 1 is 1.23 bits per heavy atom. The first-order valence-electron chi connectivity index (χ1n) is 6.65. The molecule has 0 aromatic rings. The third kappa shape index (κ3) is 8.91. The van der Waals surface area contributed by atoms with Gasteiger partial charge in [0.2, 0.25) is 5.91 Å². The smallest absolute Gasteiger partial charge is 0.401 e. The van der Waals surface area contributed by atoms with Crippen LogP contribution >= 0.6 is 11.8 Å². The maximum absolute atomic E-state index is 12.9. The van der Waals surface area contributed by atoms with Crippen molar-refractivity contribution in [3.05, 3.63) is 0 Å². The molecule has 0 spiro atoms. The van der Waals surface area contributed by atoms with Crippen LogP contribution in [0.3, 0.4) is 0 Å². The molecule has 0 aromatic carbocycles. The average molecular weight is 343 g/mol. The van der Waals surface area contributed by atoms with Gasteiger partial charge >= 0.3 is 12.1 Å². The number of amides is 1. The van der Waals surface area contributed by atoms with Gasteiger partial charge in [0.1, 0.15) is 5.92 Å². The maximum Gasteiger partial charge on any atom is 0.401 e. The molecule has 9 heteroatoms. The number of carbonyl (C=O) groups excluding carboxylic acids is 2. The summed E-state index contributed by atoms with van der Waals surface area (Å²) in [5.41, 5.74) is 0. The SMILES string of the molecule is CC(=O)SC[C@H](C(=O)N[C@H](CC(=O)O)CC(C)C)C(F)(F)F. The molecule has 22 heavy (non-hydrogen) atoms. The highest BCUT2D eigenvalue weighted by atomic mass is 32.2. The average Bonchev–Trinajstić information content (AvgIpc) is 2.24. The molecule has 5 nitrogen and oxygen atoms in total. The highest BCUT2D eigenvalue weighted by Gasteiger charge is 2.45. The second-order valence-corrected chi connectivity index (χ2v) is 6.53. The van der Waals surface area contributed by atoms with E-state index < -0.39 is 47.3 Å². The minimum atomic E-state index is -4.79. The van der Waals surface area contributed by atoms with Crippen LogP contribution in [0.25, 0.3) is 0 Å². The molecule has 0 rings (SSSR count). The summed E-state index contributed by atoms with van der Waals surface area (Å²) in [7, 11) is 0. The number of alkyl halides is 3. The number of halogens is 3. The molecule has 128 valence electrons. The number of rotatable bonds is 8. The van der Waals surface area contributed by atoms with Crippen LogP contribution in [0.2, 0.25) is 0 Å². The molecule has 0 radical (unpaired) electrons. The van der Waals surface area contributed by atoms with Gasteiger partial charge < -0.3 is 10.4 Å². The van der Waals surface area contributed by atoms with Crippen molar-refractivity contribution < 1.29 is 32.7 Å². The fourth-order valence-corrected chi connectivity index (χ4v) is 2.54. The lowest BCUT2D eigenvalue weighted by Gasteiger charge is -2.24. The minimum Gasteiger partial charge on any atom is -0.481 e. The maximum atomic E-state index is 12.9. The van der Waals surface area contributed by atoms with E-state index in [1.54, 1.807) is 13.8 Å². The summed E-state index contributed by atoms with van der Waals surface area (Å²) in [6.45, 7) is 4.66. The van der Waals surface area contributed by atoms with Crippen LogP contribution < -0.4 is 5.32 Å². The van der Waals surface area contributed by atoms with Crippen LogP contribution in [-0.2, 0) is 14.4 Å². The third-order valence-electron chi connectivity index (χ3n) is 2.69. The highest BCUT2D eigenvalue weighted by molar-refractivity contribution is 8.13. The van der Waals surface area contributed by atoms with E-state index in [1.807, 2.05) is 0 Å². The van der Waals surface area contributed by atoms with Crippen LogP contribution in [0, 0.1) is 11.8 Å². The van der Waals surface area contributed by atoms with Crippen molar-refractivity contribution >= 4 is 28.8 Å². The van der Waals surface area contributed by atoms with E-state index in [2.05, 4.69) is 5.32 Å². The molecule has 2 atom stereocenters. The van der Waals surface area contributed by atoms with E-state index in [4.69, 9.17) is 5.11 Å². The Balaban J connectivity index is 4.94. The fraction of sp³-hybridized carbons (Fsp3) is 0.769. The van der Waals surface area contributed by atoms with E-state index in [0.717, 1.165) is 6.92 Å². The molecule has 0 aliphatic heterocycles. The summed E-state index contributed by atoms with van der Waals surface area (Å²) < 4.78 is 38.7. The van der Waals surface area contributed by atoms with E-state index in [-0.39, 0.29) is 12.3 Å². The topological polar surface area (TPSA) is 83.5 Å². The van der Waals surface area contributed by atoms with E-state index >= 15 is 0 Å². The molecule has 0 fully saturated rings. The predicted molar refractivity (Wildman–Crippen MR) is 76.3 cm³/mol. The normalized spacial score (nSPS) is 14.5. The number of carbonyl (C=O) groups is 3. The van der Waals surface area contributed by atoms with Gasteiger partial charge in [0.15, 0.2) is 5.12 Å². The molecule has 1 amide bonds. The molecule has 0 saturated carbocycles. The van der Waals surface area contributed by atoms with Crippen molar-refractivity contribution in [2.45, 2.75) is 45.8 Å². The molecule has 2 N–H and O–H groups in total. The first-order chi connectivity index (χ1) is 9.93. The summed E-state index contributed by atoms with van der Waals surface area (Å²) in [5, 5.41) is 10.4.